The highest BCUT2D eigenvalue weighted by Gasteiger charge is 2.13. The average molecular weight is 286 g/mol. The summed E-state index contributed by atoms with van der Waals surface area (Å²) >= 11 is 5.90. The maximum Gasteiger partial charge on any atom is 0.0708 e. The van der Waals surface area contributed by atoms with E-state index in [4.69, 9.17) is 22.7 Å². The second-order valence-corrected chi connectivity index (χ2v) is 5.06. The predicted octanol–water partition coefficient (Wildman–Crippen LogP) is 3.80. The molecule has 0 radical (unpaired) electrons. The fraction of sp³-hybridized carbons (Fsp3) is 0.125. The van der Waals surface area contributed by atoms with Crippen molar-refractivity contribution in [3.8, 4) is 0 Å². The molecule has 3 N–H and O–H groups in total. The highest BCUT2D eigenvalue weighted by atomic mass is 35.5. The molecule has 0 fully saturated rings. The number of hydrogen-bond donors (Lipinski definition) is 2. The van der Waals surface area contributed by atoms with Gasteiger partial charge in [-0.15, -0.1) is 0 Å². The molecule has 102 valence electrons. The van der Waals surface area contributed by atoms with Gasteiger partial charge in [-0.25, -0.2) is 0 Å². The van der Waals surface area contributed by atoms with E-state index in [1.54, 1.807) is 25.3 Å². The molecule has 0 unspecified atom stereocenters. The summed E-state index contributed by atoms with van der Waals surface area (Å²) in [6.07, 6.45) is 1.70. The van der Waals surface area contributed by atoms with Crippen molar-refractivity contribution in [2.45, 2.75) is 13.8 Å². The number of allylic oxidation sites excluding steroid dienone is 2. The van der Waals surface area contributed by atoms with Crippen molar-refractivity contribution < 1.29 is 0 Å². The van der Waals surface area contributed by atoms with Crippen LogP contribution in [0.4, 0.5) is 0 Å². The molecule has 3 nitrogen and oxygen atoms in total. The molecule has 0 spiro atoms. The summed E-state index contributed by atoms with van der Waals surface area (Å²) in [5, 5.41) is 9.07. The number of nitrogens with one attached hydrogen (secondary N) is 1. The van der Waals surface area contributed by atoms with E-state index in [1.165, 1.54) is 0 Å². The van der Waals surface area contributed by atoms with Gasteiger partial charge in [-0.05, 0) is 43.7 Å². The van der Waals surface area contributed by atoms with Crippen molar-refractivity contribution in [3.63, 3.8) is 0 Å². The van der Waals surface area contributed by atoms with Crippen LogP contribution in [-0.4, -0.2) is 10.7 Å². The Morgan fingerprint density at radius 1 is 1.15 bits per heavy atom. The van der Waals surface area contributed by atoms with Gasteiger partial charge in [0.15, 0.2) is 0 Å². The van der Waals surface area contributed by atoms with Gasteiger partial charge in [0.2, 0.25) is 0 Å². The van der Waals surface area contributed by atoms with Crippen molar-refractivity contribution in [1.29, 1.82) is 5.41 Å². The third-order valence-corrected chi connectivity index (χ3v) is 3.21. The summed E-state index contributed by atoms with van der Waals surface area (Å²) in [5.41, 5.74) is 10.2. The van der Waals surface area contributed by atoms with Crippen LogP contribution in [0.5, 0.6) is 0 Å². The van der Waals surface area contributed by atoms with Crippen molar-refractivity contribution in [2.24, 2.45) is 5.73 Å². The Hall–Kier alpha value is -2.13. The monoisotopic (exact) mass is 285 g/mol. The molecule has 0 aliphatic rings. The quantitative estimate of drug-likeness (QED) is 0.843. The summed E-state index contributed by atoms with van der Waals surface area (Å²) in [7, 11) is 0. The SMILES string of the molecule is C/C(N)=C(/C(=N)c1ccnc(C)c1)c1ccc(Cl)cc1. The van der Waals surface area contributed by atoms with E-state index in [-0.39, 0.29) is 0 Å². The molecule has 1 aromatic carbocycles. The van der Waals surface area contributed by atoms with E-state index in [2.05, 4.69) is 4.98 Å². The van der Waals surface area contributed by atoms with Crippen LogP contribution >= 0.6 is 11.6 Å². The molecule has 0 bridgehead atoms. The Labute approximate surface area is 123 Å². The normalized spacial score (nSPS) is 11.9. The lowest BCUT2D eigenvalue weighted by molar-refractivity contribution is 1.19. The molecule has 0 aliphatic carbocycles. The van der Waals surface area contributed by atoms with E-state index in [0.717, 1.165) is 16.8 Å². The molecule has 4 heteroatoms. The van der Waals surface area contributed by atoms with Gasteiger partial charge in [-0.3, -0.25) is 10.4 Å². The Morgan fingerprint density at radius 3 is 2.35 bits per heavy atom. The molecule has 0 saturated heterocycles. The Balaban J connectivity index is 2.48. The first-order chi connectivity index (χ1) is 9.49. The molecule has 0 atom stereocenters. The lowest BCUT2D eigenvalue weighted by atomic mass is 9.95. The Morgan fingerprint density at radius 2 is 1.80 bits per heavy atom. The summed E-state index contributed by atoms with van der Waals surface area (Å²) in [4.78, 5) is 4.15. The zero-order valence-electron chi connectivity index (χ0n) is 11.4. The van der Waals surface area contributed by atoms with Crippen LogP contribution in [0.25, 0.3) is 5.57 Å². The van der Waals surface area contributed by atoms with E-state index in [1.807, 2.05) is 31.2 Å². The van der Waals surface area contributed by atoms with E-state index in [9.17, 15) is 0 Å². The number of halogens is 1. The van der Waals surface area contributed by atoms with Gasteiger partial charge in [0, 0.05) is 33.7 Å². The minimum atomic E-state index is 0.387. The summed E-state index contributed by atoms with van der Waals surface area (Å²) in [5.74, 6) is 0. The second-order valence-electron chi connectivity index (χ2n) is 4.63. The minimum Gasteiger partial charge on any atom is -0.402 e. The van der Waals surface area contributed by atoms with Crippen molar-refractivity contribution >= 4 is 22.9 Å². The number of nitrogens with zero attached hydrogens (tertiary/aromatic N) is 1. The predicted molar refractivity (Wildman–Crippen MR) is 84.0 cm³/mol. The number of aromatic nitrogens is 1. The molecule has 2 rings (SSSR count). The fourth-order valence-electron chi connectivity index (χ4n) is 2.03. The van der Waals surface area contributed by atoms with Crippen LogP contribution in [0.2, 0.25) is 5.02 Å². The molecule has 2 aromatic rings. The van der Waals surface area contributed by atoms with Gasteiger partial charge in [0.1, 0.15) is 0 Å². The van der Waals surface area contributed by atoms with Crippen LogP contribution < -0.4 is 5.73 Å². The molecule has 0 aliphatic heterocycles. The molecule has 1 aromatic heterocycles. The maximum absolute atomic E-state index is 8.41. The smallest absolute Gasteiger partial charge is 0.0708 e. The lowest BCUT2D eigenvalue weighted by Crippen LogP contribution is -2.09. The number of hydrogen-bond acceptors (Lipinski definition) is 3. The second kappa shape index (κ2) is 5.88. The summed E-state index contributed by atoms with van der Waals surface area (Å²) in [6.45, 7) is 3.70. The molecule has 20 heavy (non-hydrogen) atoms. The number of pyridine rings is 1. The van der Waals surface area contributed by atoms with Gasteiger partial charge < -0.3 is 5.73 Å². The molecule has 0 amide bonds. The van der Waals surface area contributed by atoms with Crippen LogP contribution in [-0.2, 0) is 0 Å². The van der Waals surface area contributed by atoms with E-state index >= 15 is 0 Å². The minimum absolute atomic E-state index is 0.387. The highest BCUT2D eigenvalue weighted by Crippen LogP contribution is 2.23. The average Bonchev–Trinajstić information content (AvgIpc) is 2.41. The standard InChI is InChI=1S/C16H16ClN3/c1-10-9-13(7-8-20-10)16(19)15(11(2)18)12-3-5-14(17)6-4-12/h3-9,19H,18H2,1-2H3/b15-11-,19-16?. The summed E-state index contributed by atoms with van der Waals surface area (Å²) in [6, 6.07) is 11.0. The Kier molecular flexibility index (Phi) is 4.20. The molecular formula is C16H16ClN3. The highest BCUT2D eigenvalue weighted by molar-refractivity contribution is 6.32. The van der Waals surface area contributed by atoms with Gasteiger partial charge in [-0.1, -0.05) is 23.7 Å². The largest absolute Gasteiger partial charge is 0.402 e. The molecule has 1 heterocycles. The fourth-order valence-corrected chi connectivity index (χ4v) is 2.16. The first-order valence-electron chi connectivity index (χ1n) is 6.23. The zero-order chi connectivity index (χ0) is 14.7. The van der Waals surface area contributed by atoms with Crippen LogP contribution in [0.3, 0.4) is 0 Å². The third-order valence-electron chi connectivity index (χ3n) is 2.96. The van der Waals surface area contributed by atoms with Crippen molar-refractivity contribution in [1.82, 2.24) is 4.98 Å². The van der Waals surface area contributed by atoms with E-state index < -0.39 is 0 Å². The summed E-state index contributed by atoms with van der Waals surface area (Å²) < 4.78 is 0. The number of aryl methyl sites for hydroxylation is 1. The number of benzene rings is 1. The maximum atomic E-state index is 8.41. The molecular weight excluding hydrogens is 270 g/mol. The van der Waals surface area contributed by atoms with Gasteiger partial charge >= 0.3 is 0 Å². The van der Waals surface area contributed by atoms with Gasteiger partial charge in [-0.2, -0.15) is 0 Å². The van der Waals surface area contributed by atoms with Crippen LogP contribution in [0, 0.1) is 12.3 Å². The van der Waals surface area contributed by atoms with E-state index in [0.29, 0.717) is 22.0 Å². The van der Waals surface area contributed by atoms with Crippen molar-refractivity contribution in [2.75, 3.05) is 0 Å². The first kappa shape index (κ1) is 14.3. The molecule has 0 saturated carbocycles. The topological polar surface area (TPSA) is 62.8 Å². The Bertz CT molecular complexity index is 668. The zero-order valence-corrected chi connectivity index (χ0v) is 12.2. The first-order valence-corrected chi connectivity index (χ1v) is 6.61. The van der Waals surface area contributed by atoms with Crippen molar-refractivity contribution in [3.05, 3.63) is 70.1 Å². The third kappa shape index (κ3) is 3.06. The van der Waals surface area contributed by atoms with Crippen LogP contribution in [0.1, 0.15) is 23.7 Å². The van der Waals surface area contributed by atoms with Crippen LogP contribution in [0.15, 0.2) is 48.3 Å². The van der Waals surface area contributed by atoms with Gasteiger partial charge in [0.25, 0.3) is 0 Å². The lowest BCUT2D eigenvalue weighted by Gasteiger charge is -2.12. The van der Waals surface area contributed by atoms with Gasteiger partial charge in [0.05, 0.1) is 5.71 Å². The number of nitrogens with two attached hydrogens (primary N) is 1. The number of rotatable bonds is 3.